The van der Waals surface area contributed by atoms with Gasteiger partial charge in [-0.2, -0.15) is 0 Å². The van der Waals surface area contributed by atoms with E-state index in [1.54, 1.807) is 18.2 Å². The molecule has 0 atom stereocenters. The number of nitrogens with two attached hydrogens (primary N) is 1. The number of sulfonamides is 1. The van der Waals surface area contributed by atoms with E-state index in [-0.39, 0.29) is 24.5 Å². The number of carbonyl (C=O) groups excluding carboxylic acids is 2. The molecule has 9 heteroatoms. The van der Waals surface area contributed by atoms with Crippen LogP contribution in [0.15, 0.2) is 53.4 Å². The molecule has 0 unspecified atom stereocenters. The number of hydrogen-bond donors (Lipinski definition) is 2. The molecule has 8 nitrogen and oxygen atoms in total. The first-order valence-corrected chi connectivity index (χ1v) is 10.5. The molecule has 0 saturated carbocycles. The molecule has 0 aliphatic heterocycles. The fraction of sp³-hybridized carbons (Fsp3) is 0.300. The number of nitrogens with one attached hydrogen (secondary N) is 1. The zero-order valence-corrected chi connectivity index (χ0v) is 16.9. The zero-order valence-electron chi connectivity index (χ0n) is 16.1. The number of ether oxygens (including phenoxy) is 2. The number of hydrogen-bond acceptors (Lipinski definition) is 6. The predicted octanol–water partition coefficient (Wildman–Crippen LogP) is 1.31. The Labute approximate surface area is 170 Å². The van der Waals surface area contributed by atoms with E-state index in [0.717, 1.165) is 11.1 Å². The third-order valence-corrected chi connectivity index (χ3v) is 4.85. The summed E-state index contributed by atoms with van der Waals surface area (Å²) in [5.74, 6) is -0.266. The van der Waals surface area contributed by atoms with Crippen LogP contribution in [0.1, 0.15) is 17.5 Å². The Hall–Kier alpha value is -2.91. The molecule has 1 amide bonds. The minimum absolute atomic E-state index is 0.0311. The van der Waals surface area contributed by atoms with Crippen LogP contribution in [0, 0.1) is 6.92 Å². The van der Waals surface area contributed by atoms with Gasteiger partial charge < -0.3 is 14.8 Å². The van der Waals surface area contributed by atoms with Gasteiger partial charge in [-0.25, -0.2) is 13.6 Å². The molecule has 0 heterocycles. The Morgan fingerprint density at radius 1 is 1.10 bits per heavy atom. The number of rotatable bonds is 10. The van der Waals surface area contributed by atoms with Crippen molar-refractivity contribution in [3.05, 3.63) is 59.7 Å². The first-order chi connectivity index (χ1) is 13.7. The summed E-state index contributed by atoms with van der Waals surface area (Å²) in [7, 11) is -3.72. The molecule has 0 aliphatic carbocycles. The van der Waals surface area contributed by atoms with Crippen molar-refractivity contribution in [3.8, 4) is 5.75 Å². The number of benzene rings is 2. The van der Waals surface area contributed by atoms with Gasteiger partial charge in [0, 0.05) is 6.54 Å². The lowest BCUT2D eigenvalue weighted by molar-refractivity contribution is -0.149. The van der Waals surface area contributed by atoms with E-state index in [1.165, 1.54) is 12.1 Å². The molecule has 0 saturated heterocycles. The van der Waals surface area contributed by atoms with Crippen LogP contribution in [-0.2, 0) is 30.8 Å². The summed E-state index contributed by atoms with van der Waals surface area (Å²) in [5.41, 5.74) is 1.89. The van der Waals surface area contributed by atoms with E-state index in [1.807, 2.05) is 25.1 Å². The molecule has 29 heavy (non-hydrogen) atoms. The number of primary sulfonamides is 1. The summed E-state index contributed by atoms with van der Waals surface area (Å²) < 4.78 is 32.8. The van der Waals surface area contributed by atoms with E-state index in [4.69, 9.17) is 14.6 Å². The first-order valence-electron chi connectivity index (χ1n) is 8.97. The quantitative estimate of drug-likeness (QED) is 0.559. The van der Waals surface area contributed by atoms with Crippen molar-refractivity contribution < 1.29 is 27.5 Å². The SMILES string of the molecule is Cc1cccc(OCCC(=O)OCC(=O)NCCc2ccc(S(N)(=O)=O)cc2)c1. The average Bonchev–Trinajstić information content (AvgIpc) is 2.66. The van der Waals surface area contributed by atoms with Crippen molar-refractivity contribution in [2.45, 2.75) is 24.7 Å². The maximum absolute atomic E-state index is 11.7. The van der Waals surface area contributed by atoms with Crippen LogP contribution < -0.4 is 15.2 Å². The average molecular weight is 420 g/mol. The smallest absolute Gasteiger partial charge is 0.309 e. The highest BCUT2D eigenvalue weighted by Crippen LogP contribution is 2.12. The Balaban J connectivity index is 1.61. The van der Waals surface area contributed by atoms with Gasteiger partial charge >= 0.3 is 5.97 Å². The predicted molar refractivity (Wildman–Crippen MR) is 107 cm³/mol. The van der Waals surface area contributed by atoms with Gasteiger partial charge in [-0.05, 0) is 48.7 Å². The van der Waals surface area contributed by atoms with Gasteiger partial charge in [0.15, 0.2) is 6.61 Å². The molecule has 0 fully saturated rings. The molecule has 156 valence electrons. The standard InChI is InChI=1S/C20H24N2O6S/c1-15-3-2-4-17(13-15)27-12-10-20(24)28-14-19(23)22-11-9-16-5-7-18(8-6-16)29(21,25)26/h2-8,13H,9-12,14H2,1H3,(H,22,23)(H2,21,25,26). The fourth-order valence-corrected chi connectivity index (χ4v) is 2.93. The summed E-state index contributed by atoms with van der Waals surface area (Å²) in [4.78, 5) is 23.4. The van der Waals surface area contributed by atoms with Gasteiger partial charge in [0.25, 0.3) is 5.91 Å². The van der Waals surface area contributed by atoms with E-state index >= 15 is 0 Å². The largest absolute Gasteiger partial charge is 0.493 e. The Bertz CT molecular complexity index is 942. The van der Waals surface area contributed by atoms with Crippen LogP contribution in [0.3, 0.4) is 0 Å². The normalized spacial score (nSPS) is 11.0. The molecule has 0 spiro atoms. The second kappa shape index (κ2) is 10.6. The molecule has 2 rings (SSSR count). The van der Waals surface area contributed by atoms with Crippen LogP contribution >= 0.6 is 0 Å². The second-order valence-electron chi connectivity index (χ2n) is 6.36. The van der Waals surface area contributed by atoms with E-state index in [9.17, 15) is 18.0 Å². The molecule has 2 aromatic carbocycles. The molecule has 3 N–H and O–H groups in total. The molecule has 0 aliphatic rings. The van der Waals surface area contributed by atoms with Crippen LogP contribution in [0.25, 0.3) is 0 Å². The summed E-state index contributed by atoms with van der Waals surface area (Å²) >= 11 is 0. The van der Waals surface area contributed by atoms with Crippen molar-refractivity contribution in [1.82, 2.24) is 5.32 Å². The fourth-order valence-electron chi connectivity index (χ4n) is 2.42. The summed E-state index contributed by atoms with van der Waals surface area (Å²) in [6.07, 6.45) is 0.534. The maximum Gasteiger partial charge on any atom is 0.309 e. The number of carbonyl (C=O) groups is 2. The van der Waals surface area contributed by atoms with Gasteiger partial charge in [-0.1, -0.05) is 24.3 Å². The number of amides is 1. The Morgan fingerprint density at radius 2 is 1.83 bits per heavy atom. The minimum Gasteiger partial charge on any atom is -0.493 e. The second-order valence-corrected chi connectivity index (χ2v) is 7.93. The maximum atomic E-state index is 11.7. The van der Waals surface area contributed by atoms with Gasteiger partial charge in [-0.3, -0.25) is 9.59 Å². The van der Waals surface area contributed by atoms with Gasteiger partial charge in [-0.15, -0.1) is 0 Å². The third-order valence-electron chi connectivity index (χ3n) is 3.92. The minimum atomic E-state index is -3.72. The van der Waals surface area contributed by atoms with Crippen molar-refractivity contribution >= 4 is 21.9 Å². The van der Waals surface area contributed by atoms with E-state index in [2.05, 4.69) is 5.32 Å². The van der Waals surface area contributed by atoms with Crippen LogP contribution in [-0.4, -0.2) is 40.1 Å². The Morgan fingerprint density at radius 3 is 2.48 bits per heavy atom. The van der Waals surface area contributed by atoms with Crippen LogP contribution in [0.5, 0.6) is 5.75 Å². The molecular weight excluding hydrogens is 396 g/mol. The lowest BCUT2D eigenvalue weighted by atomic mass is 10.1. The summed E-state index contributed by atoms with van der Waals surface area (Å²) in [5, 5.41) is 7.67. The lowest BCUT2D eigenvalue weighted by Crippen LogP contribution is -2.30. The monoisotopic (exact) mass is 420 g/mol. The van der Waals surface area contributed by atoms with E-state index in [0.29, 0.717) is 18.7 Å². The molecule has 0 aromatic heterocycles. The highest BCUT2D eigenvalue weighted by atomic mass is 32.2. The lowest BCUT2D eigenvalue weighted by Gasteiger charge is -2.08. The zero-order chi connectivity index (χ0) is 21.3. The molecule has 0 radical (unpaired) electrons. The van der Waals surface area contributed by atoms with Gasteiger partial charge in [0.2, 0.25) is 10.0 Å². The summed E-state index contributed by atoms with van der Waals surface area (Å²) in [6, 6.07) is 13.5. The number of aryl methyl sites for hydroxylation is 1. The van der Waals surface area contributed by atoms with Gasteiger partial charge in [0.1, 0.15) is 5.75 Å². The van der Waals surface area contributed by atoms with Crippen molar-refractivity contribution in [1.29, 1.82) is 0 Å². The molecule has 0 bridgehead atoms. The summed E-state index contributed by atoms with van der Waals surface area (Å²) in [6.45, 7) is 2.06. The van der Waals surface area contributed by atoms with Crippen molar-refractivity contribution in [2.24, 2.45) is 5.14 Å². The molecule has 2 aromatic rings. The number of esters is 1. The topological polar surface area (TPSA) is 125 Å². The highest BCUT2D eigenvalue weighted by molar-refractivity contribution is 7.89. The van der Waals surface area contributed by atoms with Crippen molar-refractivity contribution in [3.63, 3.8) is 0 Å². The first kappa shape index (κ1) is 22.4. The highest BCUT2D eigenvalue weighted by Gasteiger charge is 2.09. The van der Waals surface area contributed by atoms with Gasteiger partial charge in [0.05, 0.1) is 17.9 Å². The Kier molecular flexibility index (Phi) is 8.17. The van der Waals surface area contributed by atoms with Crippen LogP contribution in [0.2, 0.25) is 0 Å². The third kappa shape index (κ3) is 8.32. The van der Waals surface area contributed by atoms with E-state index < -0.39 is 21.9 Å². The van der Waals surface area contributed by atoms with Crippen molar-refractivity contribution in [2.75, 3.05) is 19.8 Å². The van der Waals surface area contributed by atoms with Crippen LogP contribution in [0.4, 0.5) is 0 Å². The molecular formula is C20H24N2O6S.